The largest absolute Gasteiger partial charge is 0.385 e. The number of aromatic amines is 1. The van der Waals surface area contributed by atoms with Crippen molar-refractivity contribution in [1.82, 2.24) is 15.5 Å². The molecule has 0 fully saturated rings. The van der Waals surface area contributed by atoms with Crippen LogP contribution in [-0.4, -0.2) is 35.9 Å². The van der Waals surface area contributed by atoms with Crippen molar-refractivity contribution >= 4 is 11.7 Å². The highest BCUT2D eigenvalue weighted by atomic mass is 16.5. The fourth-order valence-corrected chi connectivity index (χ4v) is 1.40. The number of methoxy groups -OCH3 is 1. The lowest BCUT2D eigenvalue weighted by molar-refractivity contribution is 0.0930. The minimum atomic E-state index is -0.202. The van der Waals surface area contributed by atoms with Crippen molar-refractivity contribution in [3.05, 3.63) is 11.3 Å². The number of amides is 1. The van der Waals surface area contributed by atoms with Crippen molar-refractivity contribution in [2.45, 2.75) is 26.3 Å². The molecule has 0 spiro atoms. The Bertz CT molecular complexity index is 342. The number of aromatic nitrogens is 2. The normalized spacial score (nSPS) is 12.4. The zero-order valence-corrected chi connectivity index (χ0v) is 9.83. The molecule has 0 aliphatic rings. The van der Waals surface area contributed by atoms with Gasteiger partial charge in [-0.15, -0.1) is 0 Å². The van der Waals surface area contributed by atoms with E-state index in [0.717, 1.165) is 6.42 Å². The number of nitrogen functional groups attached to an aromatic ring is 1. The highest BCUT2D eigenvalue weighted by Gasteiger charge is 2.17. The predicted octanol–water partition coefficient (Wildman–Crippen LogP) is 0.455. The summed E-state index contributed by atoms with van der Waals surface area (Å²) in [5.74, 6) is 0.0290. The van der Waals surface area contributed by atoms with Crippen LogP contribution in [0.3, 0.4) is 0 Å². The van der Waals surface area contributed by atoms with E-state index in [1.807, 2.05) is 6.92 Å². The van der Waals surface area contributed by atoms with E-state index in [4.69, 9.17) is 10.5 Å². The summed E-state index contributed by atoms with van der Waals surface area (Å²) in [6.07, 6.45) is 0.763. The molecular weight excluding hydrogens is 208 g/mol. The monoisotopic (exact) mass is 226 g/mol. The van der Waals surface area contributed by atoms with Gasteiger partial charge < -0.3 is 15.8 Å². The third-order valence-corrected chi connectivity index (χ3v) is 2.33. The molecule has 16 heavy (non-hydrogen) atoms. The van der Waals surface area contributed by atoms with E-state index in [9.17, 15) is 4.79 Å². The lowest BCUT2D eigenvalue weighted by atomic mass is 10.2. The van der Waals surface area contributed by atoms with Crippen molar-refractivity contribution < 1.29 is 9.53 Å². The van der Waals surface area contributed by atoms with Gasteiger partial charge in [-0.1, -0.05) is 0 Å². The first kappa shape index (κ1) is 12.5. The van der Waals surface area contributed by atoms with Gasteiger partial charge in [-0.05, 0) is 20.3 Å². The van der Waals surface area contributed by atoms with Gasteiger partial charge in [-0.25, -0.2) is 0 Å². The molecule has 4 N–H and O–H groups in total. The summed E-state index contributed by atoms with van der Waals surface area (Å²) >= 11 is 0. The number of nitrogens with one attached hydrogen (secondary N) is 2. The van der Waals surface area contributed by atoms with Crippen LogP contribution in [-0.2, 0) is 4.74 Å². The number of hydrogen-bond acceptors (Lipinski definition) is 4. The number of ether oxygens (including phenoxy) is 1. The van der Waals surface area contributed by atoms with Crippen LogP contribution < -0.4 is 11.1 Å². The van der Waals surface area contributed by atoms with E-state index in [1.165, 1.54) is 0 Å². The summed E-state index contributed by atoms with van der Waals surface area (Å²) in [5.41, 5.74) is 6.69. The summed E-state index contributed by atoms with van der Waals surface area (Å²) in [5, 5.41) is 9.29. The first-order chi connectivity index (χ1) is 7.56. The Hall–Kier alpha value is -1.56. The molecule has 0 saturated carbocycles. The van der Waals surface area contributed by atoms with Crippen LogP contribution in [0.5, 0.6) is 0 Å². The summed E-state index contributed by atoms with van der Waals surface area (Å²) in [4.78, 5) is 11.8. The van der Waals surface area contributed by atoms with Crippen molar-refractivity contribution in [1.29, 1.82) is 0 Å². The van der Waals surface area contributed by atoms with Crippen LogP contribution in [0.4, 0.5) is 5.82 Å². The Morgan fingerprint density at radius 2 is 2.38 bits per heavy atom. The lowest BCUT2D eigenvalue weighted by Gasteiger charge is -2.13. The number of nitrogens with zero attached hydrogens (tertiary/aromatic N) is 1. The first-order valence-corrected chi connectivity index (χ1v) is 5.16. The number of nitrogens with two attached hydrogens (primary N) is 1. The van der Waals surface area contributed by atoms with Crippen LogP contribution >= 0.6 is 0 Å². The molecule has 0 aromatic carbocycles. The highest BCUT2D eigenvalue weighted by molar-refractivity contribution is 5.99. The van der Waals surface area contributed by atoms with Gasteiger partial charge in [0.25, 0.3) is 5.91 Å². The maximum atomic E-state index is 11.8. The SMILES string of the molecule is COCCC(C)NC(=O)c1c(N)n[nH]c1C. The molecule has 1 heterocycles. The molecule has 1 rings (SSSR count). The number of rotatable bonds is 5. The molecular formula is C10H18N4O2. The molecule has 1 unspecified atom stereocenters. The van der Waals surface area contributed by atoms with E-state index in [1.54, 1.807) is 14.0 Å². The van der Waals surface area contributed by atoms with Gasteiger partial charge in [0.15, 0.2) is 5.82 Å². The Morgan fingerprint density at radius 1 is 1.69 bits per heavy atom. The number of carbonyl (C=O) groups excluding carboxylic acids is 1. The fourth-order valence-electron chi connectivity index (χ4n) is 1.40. The molecule has 1 aromatic heterocycles. The maximum Gasteiger partial charge on any atom is 0.257 e. The number of H-pyrrole nitrogens is 1. The summed E-state index contributed by atoms with van der Waals surface area (Å²) in [6.45, 7) is 4.29. The quantitative estimate of drug-likeness (QED) is 0.679. The van der Waals surface area contributed by atoms with E-state index < -0.39 is 0 Å². The van der Waals surface area contributed by atoms with Crippen molar-refractivity contribution in [2.75, 3.05) is 19.5 Å². The average Bonchev–Trinajstić information content (AvgIpc) is 2.55. The molecule has 0 aliphatic heterocycles. The smallest absolute Gasteiger partial charge is 0.257 e. The molecule has 0 bridgehead atoms. The average molecular weight is 226 g/mol. The van der Waals surface area contributed by atoms with Crippen LogP contribution in [0, 0.1) is 6.92 Å². The zero-order chi connectivity index (χ0) is 12.1. The van der Waals surface area contributed by atoms with Gasteiger partial charge >= 0.3 is 0 Å². The molecule has 1 atom stereocenters. The van der Waals surface area contributed by atoms with Gasteiger partial charge in [-0.2, -0.15) is 5.10 Å². The zero-order valence-electron chi connectivity index (χ0n) is 9.83. The third kappa shape index (κ3) is 2.96. The standard InChI is InChI=1S/C10H18N4O2/c1-6(4-5-16-3)12-10(15)8-7(2)13-14-9(8)11/h6H,4-5H2,1-3H3,(H,12,15)(H3,11,13,14). The van der Waals surface area contributed by atoms with Gasteiger partial charge in [0.2, 0.25) is 0 Å². The first-order valence-electron chi connectivity index (χ1n) is 5.16. The number of hydrogen-bond donors (Lipinski definition) is 3. The molecule has 0 radical (unpaired) electrons. The number of carbonyl (C=O) groups is 1. The second kappa shape index (κ2) is 5.50. The second-order valence-corrected chi connectivity index (χ2v) is 3.76. The van der Waals surface area contributed by atoms with Gasteiger partial charge in [-0.3, -0.25) is 9.89 Å². The molecule has 1 aromatic rings. The molecule has 1 amide bonds. The molecule has 0 saturated heterocycles. The predicted molar refractivity (Wildman–Crippen MR) is 61.2 cm³/mol. The van der Waals surface area contributed by atoms with E-state index >= 15 is 0 Å². The maximum absolute atomic E-state index is 11.8. The van der Waals surface area contributed by atoms with E-state index in [0.29, 0.717) is 17.9 Å². The molecule has 6 nitrogen and oxygen atoms in total. The lowest BCUT2D eigenvalue weighted by Crippen LogP contribution is -2.33. The summed E-state index contributed by atoms with van der Waals surface area (Å²) in [6, 6.07) is 0.0427. The van der Waals surface area contributed by atoms with Gasteiger partial charge in [0.05, 0.1) is 0 Å². The molecule has 90 valence electrons. The van der Waals surface area contributed by atoms with Gasteiger partial charge in [0.1, 0.15) is 5.56 Å². The Morgan fingerprint density at radius 3 is 2.88 bits per heavy atom. The van der Waals surface area contributed by atoms with Crippen molar-refractivity contribution in [3.63, 3.8) is 0 Å². The molecule has 6 heteroatoms. The van der Waals surface area contributed by atoms with Crippen molar-refractivity contribution in [2.24, 2.45) is 0 Å². The van der Waals surface area contributed by atoms with Crippen molar-refractivity contribution in [3.8, 4) is 0 Å². The number of anilines is 1. The summed E-state index contributed by atoms with van der Waals surface area (Å²) in [7, 11) is 1.63. The number of aryl methyl sites for hydroxylation is 1. The Labute approximate surface area is 94.5 Å². The third-order valence-electron chi connectivity index (χ3n) is 2.33. The fraction of sp³-hybridized carbons (Fsp3) is 0.600. The topological polar surface area (TPSA) is 93.0 Å². The Kier molecular flexibility index (Phi) is 4.30. The van der Waals surface area contributed by atoms with E-state index in [-0.39, 0.29) is 17.8 Å². The minimum Gasteiger partial charge on any atom is -0.385 e. The van der Waals surface area contributed by atoms with Crippen LogP contribution in [0.25, 0.3) is 0 Å². The summed E-state index contributed by atoms with van der Waals surface area (Å²) < 4.78 is 4.94. The van der Waals surface area contributed by atoms with Crippen LogP contribution in [0.15, 0.2) is 0 Å². The highest BCUT2D eigenvalue weighted by Crippen LogP contribution is 2.12. The van der Waals surface area contributed by atoms with Crippen LogP contribution in [0.1, 0.15) is 29.4 Å². The van der Waals surface area contributed by atoms with E-state index in [2.05, 4.69) is 15.5 Å². The van der Waals surface area contributed by atoms with Gasteiger partial charge in [0, 0.05) is 25.5 Å². The molecule has 0 aliphatic carbocycles. The second-order valence-electron chi connectivity index (χ2n) is 3.76. The van der Waals surface area contributed by atoms with Crippen LogP contribution in [0.2, 0.25) is 0 Å². The minimum absolute atomic E-state index is 0.0427. The Balaban J connectivity index is 2.59.